The van der Waals surface area contributed by atoms with E-state index in [4.69, 9.17) is 19.4 Å². The molecule has 15 aromatic rings. The Balaban J connectivity index is 1.04. The second kappa shape index (κ2) is 15.4. The van der Waals surface area contributed by atoms with E-state index >= 15 is 0 Å². The molecule has 71 heavy (non-hydrogen) atoms. The lowest BCUT2D eigenvalue weighted by molar-refractivity contribution is 0.668. The molecule has 11 aromatic carbocycles. The van der Waals surface area contributed by atoms with Crippen LogP contribution in [0.25, 0.3) is 144 Å². The summed E-state index contributed by atoms with van der Waals surface area (Å²) in [5, 5.41) is 11.3. The molecule has 0 fully saturated rings. The number of aromatic nitrogens is 5. The van der Waals surface area contributed by atoms with E-state index in [0.29, 0.717) is 17.5 Å². The van der Waals surface area contributed by atoms with Crippen molar-refractivity contribution in [3.05, 3.63) is 237 Å². The van der Waals surface area contributed by atoms with Gasteiger partial charge in [-0.2, -0.15) is 0 Å². The number of furan rings is 1. The third-order valence-electron chi connectivity index (χ3n) is 14.3. The van der Waals surface area contributed by atoms with Crippen LogP contribution >= 0.6 is 0 Å². The van der Waals surface area contributed by atoms with Gasteiger partial charge in [-0.15, -0.1) is 0 Å². The van der Waals surface area contributed by atoms with Crippen LogP contribution in [-0.2, 0) is 0 Å². The summed E-state index contributed by atoms with van der Waals surface area (Å²) in [4.78, 5) is 16.5. The largest absolute Gasteiger partial charge is 0.456 e. The number of rotatable bonds is 6. The highest BCUT2D eigenvalue weighted by Gasteiger charge is 2.24. The molecule has 0 bridgehead atoms. The smallest absolute Gasteiger partial charge is 0.166 e. The zero-order valence-electron chi connectivity index (χ0n) is 38.2. The summed E-state index contributed by atoms with van der Waals surface area (Å²) in [5.74, 6) is 1.70. The Labute approximate surface area is 407 Å². The zero-order chi connectivity index (χ0) is 46.6. The maximum absolute atomic E-state index is 6.87. The van der Waals surface area contributed by atoms with Crippen molar-refractivity contribution in [1.29, 1.82) is 0 Å². The van der Waals surface area contributed by atoms with Crippen molar-refractivity contribution in [2.24, 2.45) is 0 Å². The van der Waals surface area contributed by atoms with Gasteiger partial charge in [-0.25, -0.2) is 15.0 Å². The molecule has 6 nitrogen and oxygen atoms in total. The maximum atomic E-state index is 6.87. The van der Waals surface area contributed by atoms with Crippen molar-refractivity contribution in [2.45, 2.75) is 0 Å². The average molecular weight is 906 g/mol. The second-order valence-corrected chi connectivity index (χ2v) is 18.4. The lowest BCUT2D eigenvalue weighted by atomic mass is 10.0. The Bertz CT molecular complexity index is 4530. The number of nitrogens with zero attached hydrogens (tertiary/aromatic N) is 5. The monoisotopic (exact) mass is 905 g/mol. The van der Waals surface area contributed by atoms with Gasteiger partial charge in [-0.05, 0) is 93.3 Å². The van der Waals surface area contributed by atoms with Gasteiger partial charge >= 0.3 is 0 Å². The van der Waals surface area contributed by atoms with E-state index < -0.39 is 0 Å². The van der Waals surface area contributed by atoms with Crippen LogP contribution in [0, 0.1) is 0 Å². The summed E-state index contributed by atoms with van der Waals surface area (Å²) >= 11 is 0. The molecular formula is C65H39N5O. The van der Waals surface area contributed by atoms with Crippen LogP contribution in [0.1, 0.15) is 0 Å². The summed E-state index contributed by atoms with van der Waals surface area (Å²) in [5.41, 5.74) is 12.8. The SMILES string of the molecule is c1ccc(-c2ccc(-c3nc(-c4cc(-n5c6cc7ccccc7cc6c6cc7ccccc7cc65)cc5oc6ccccc6c45)nc(-c4cccc5c6ccccc6n(-c6ccccc6)c45)n3)cc2)cc1. The van der Waals surface area contributed by atoms with Gasteiger partial charge in [0.25, 0.3) is 0 Å². The van der Waals surface area contributed by atoms with E-state index in [1.54, 1.807) is 0 Å². The summed E-state index contributed by atoms with van der Waals surface area (Å²) in [6.07, 6.45) is 0. The molecule has 6 heteroatoms. The first-order chi connectivity index (χ1) is 35.2. The van der Waals surface area contributed by atoms with Gasteiger partial charge in [0.15, 0.2) is 17.5 Å². The minimum absolute atomic E-state index is 0.548. The highest BCUT2D eigenvalue weighted by molar-refractivity contribution is 6.18. The van der Waals surface area contributed by atoms with Crippen LogP contribution in [0.2, 0.25) is 0 Å². The molecule has 0 saturated heterocycles. The first-order valence-corrected chi connectivity index (χ1v) is 24.0. The second-order valence-electron chi connectivity index (χ2n) is 18.4. The fourth-order valence-electron chi connectivity index (χ4n) is 11.0. The Morgan fingerprint density at radius 2 is 0.831 bits per heavy atom. The Morgan fingerprint density at radius 1 is 0.296 bits per heavy atom. The molecule has 0 N–H and O–H groups in total. The minimum Gasteiger partial charge on any atom is -0.456 e. The molecule has 4 heterocycles. The summed E-state index contributed by atoms with van der Waals surface area (Å²) in [6.45, 7) is 0. The molecule has 0 spiro atoms. The third-order valence-corrected chi connectivity index (χ3v) is 14.3. The Kier molecular flexibility index (Phi) is 8.56. The number of para-hydroxylation sites is 4. The van der Waals surface area contributed by atoms with E-state index in [1.165, 1.54) is 32.3 Å². The fourth-order valence-corrected chi connectivity index (χ4v) is 11.0. The fraction of sp³-hybridized carbons (Fsp3) is 0. The Morgan fingerprint density at radius 3 is 1.54 bits per heavy atom. The van der Waals surface area contributed by atoms with Crippen molar-refractivity contribution < 1.29 is 4.42 Å². The predicted octanol–water partition coefficient (Wildman–Crippen LogP) is 16.9. The first kappa shape index (κ1) is 39.4. The molecule has 0 unspecified atom stereocenters. The van der Waals surface area contributed by atoms with Crippen molar-refractivity contribution in [1.82, 2.24) is 24.1 Å². The molecule has 0 atom stereocenters. The summed E-state index contributed by atoms with van der Waals surface area (Å²) in [6, 6.07) is 83.9. The van der Waals surface area contributed by atoms with Crippen molar-refractivity contribution in [2.75, 3.05) is 0 Å². The van der Waals surface area contributed by atoms with Gasteiger partial charge in [-0.3, -0.25) is 0 Å². The van der Waals surface area contributed by atoms with Crippen LogP contribution in [-0.4, -0.2) is 24.1 Å². The number of hydrogen-bond acceptors (Lipinski definition) is 4. The quantitative estimate of drug-likeness (QED) is 0.167. The molecule has 0 radical (unpaired) electrons. The average Bonchev–Trinajstić information content (AvgIpc) is 4.09. The molecule has 4 aromatic heterocycles. The Hall–Kier alpha value is -9.65. The highest BCUT2D eigenvalue weighted by Crippen LogP contribution is 2.44. The van der Waals surface area contributed by atoms with E-state index in [1.807, 2.05) is 18.2 Å². The summed E-state index contributed by atoms with van der Waals surface area (Å²) in [7, 11) is 0. The number of benzene rings is 11. The van der Waals surface area contributed by atoms with Crippen LogP contribution < -0.4 is 0 Å². The van der Waals surface area contributed by atoms with Gasteiger partial charge in [-0.1, -0.05) is 170 Å². The van der Waals surface area contributed by atoms with Gasteiger partial charge < -0.3 is 13.6 Å². The van der Waals surface area contributed by atoms with Crippen molar-refractivity contribution >= 4 is 87.1 Å². The first-order valence-electron chi connectivity index (χ1n) is 24.0. The van der Waals surface area contributed by atoms with Crippen LogP contribution in [0.5, 0.6) is 0 Å². The maximum Gasteiger partial charge on any atom is 0.166 e. The standard InChI is InChI=1S/C65H39N5O/c1-3-16-40(17-4-1)41-30-32-42(33-31-41)63-66-64(52-27-15-26-50-49-24-11-13-28-56(49)70(62(50)52)47-22-5-2-6-23-47)68-65(67-63)55-38-48(39-60-61(55)51-25-12-14-29-59(51)71-60)69-57-36-45-20-9-7-18-43(45)34-53(57)54-35-44-19-8-10-21-46(44)37-58(54)69/h1-39H. The van der Waals surface area contributed by atoms with Crippen molar-refractivity contribution in [3.63, 3.8) is 0 Å². The molecule has 0 aliphatic heterocycles. The lowest BCUT2D eigenvalue weighted by Crippen LogP contribution is -2.03. The number of fused-ring (bicyclic) bond motifs is 11. The molecule has 330 valence electrons. The molecular weight excluding hydrogens is 867 g/mol. The van der Waals surface area contributed by atoms with Crippen LogP contribution in [0.15, 0.2) is 241 Å². The van der Waals surface area contributed by atoms with Gasteiger partial charge in [0.2, 0.25) is 0 Å². The summed E-state index contributed by atoms with van der Waals surface area (Å²) < 4.78 is 11.6. The molecule has 0 saturated carbocycles. The van der Waals surface area contributed by atoms with E-state index in [0.717, 1.165) is 94.0 Å². The van der Waals surface area contributed by atoms with E-state index in [2.05, 4.69) is 228 Å². The highest BCUT2D eigenvalue weighted by atomic mass is 16.3. The van der Waals surface area contributed by atoms with Gasteiger partial charge in [0.05, 0.1) is 27.8 Å². The molecule has 0 aliphatic rings. The lowest BCUT2D eigenvalue weighted by Gasteiger charge is -2.14. The van der Waals surface area contributed by atoms with Gasteiger partial charge in [0.1, 0.15) is 11.2 Å². The number of hydrogen-bond donors (Lipinski definition) is 0. The zero-order valence-corrected chi connectivity index (χ0v) is 38.2. The predicted molar refractivity (Wildman–Crippen MR) is 293 cm³/mol. The molecule has 0 aliphatic carbocycles. The van der Waals surface area contributed by atoms with E-state index in [9.17, 15) is 0 Å². The third kappa shape index (κ3) is 6.18. The molecule has 15 rings (SSSR count). The topological polar surface area (TPSA) is 61.7 Å². The minimum atomic E-state index is 0.548. The van der Waals surface area contributed by atoms with Crippen molar-refractivity contribution in [3.8, 4) is 56.7 Å². The normalized spacial score (nSPS) is 11.9. The van der Waals surface area contributed by atoms with Gasteiger partial charge in [0, 0.05) is 60.8 Å². The van der Waals surface area contributed by atoms with Crippen LogP contribution in [0.3, 0.4) is 0 Å². The van der Waals surface area contributed by atoms with Crippen LogP contribution in [0.4, 0.5) is 0 Å². The molecule has 0 amide bonds. The van der Waals surface area contributed by atoms with E-state index in [-0.39, 0.29) is 0 Å².